The van der Waals surface area contributed by atoms with E-state index in [9.17, 15) is 44.7 Å². The molecule has 4 aliphatic carbocycles. The predicted octanol–water partition coefficient (Wildman–Crippen LogP) is 6.06. The van der Waals surface area contributed by atoms with Crippen molar-refractivity contribution in [1.82, 2.24) is 25.1 Å². The second kappa shape index (κ2) is 23.6. The van der Waals surface area contributed by atoms with Gasteiger partial charge in [0.1, 0.15) is 48.8 Å². The van der Waals surface area contributed by atoms with Crippen molar-refractivity contribution >= 4 is 56.4 Å². The van der Waals surface area contributed by atoms with E-state index in [-0.39, 0.29) is 72.1 Å². The molecule has 3 aromatic heterocycles. The van der Waals surface area contributed by atoms with Crippen LogP contribution in [0.4, 0.5) is 15.7 Å². The van der Waals surface area contributed by atoms with Gasteiger partial charge < -0.3 is 69.9 Å². The Morgan fingerprint density at radius 1 is 0.857 bits per heavy atom. The number of aromatic nitrogens is 4. The summed E-state index contributed by atoms with van der Waals surface area (Å²) in [6, 6.07) is 21.7. The van der Waals surface area contributed by atoms with Gasteiger partial charge in [-0.25, -0.2) is 24.4 Å². The predicted molar refractivity (Wildman–Crippen MR) is 306 cm³/mol. The standard InChI is InChI=1S/C60H70N8O15S/c1-34-40(38-13-14-45(65-46(38)52(73)74)67-18-15-35-7-6-8-39(41(35)25-67)51(72)66-55-64-42-9-4-5-10-44(42)84-55)24-63-68(34)33-59-28-57(2)27-58(3,29-59)31-60(30-57,32-59)81-20-17-62-56(77)80-26-36-11-12-37(79-22-21-78-19-16-61)23-43(36)82-54-49(71)47(69)48(70)50(83-54)53(75)76/h4-14,23-24,47-50,54,69-71H,15-22,25-33,61H2,1-3H3,(H,62,77)(H,73,74)(H,75,76)(H,64,66,72)/t47-,48-,49+,50-,54+,57?,58?,59?,60?/m0/s1. The number of alkyl carbamates (subject to hydrolysis) is 1. The molecule has 2 unspecified atom stereocenters. The minimum Gasteiger partial charge on any atom is -0.491 e. The van der Waals surface area contributed by atoms with E-state index in [1.165, 1.54) is 17.4 Å². The lowest BCUT2D eigenvalue weighted by atomic mass is 9.39. The number of aliphatic hydroxyl groups excluding tert-OH is 3. The van der Waals surface area contributed by atoms with E-state index in [0.29, 0.717) is 72.6 Å². The van der Waals surface area contributed by atoms with E-state index < -0.39 is 54.3 Å². The smallest absolute Gasteiger partial charge is 0.407 e. The maximum absolute atomic E-state index is 13.8. The number of rotatable bonds is 22. The highest BCUT2D eigenvalue weighted by atomic mass is 32.1. The highest BCUT2D eigenvalue weighted by Crippen LogP contribution is 2.72. The summed E-state index contributed by atoms with van der Waals surface area (Å²) in [4.78, 5) is 63.3. The first-order valence-electron chi connectivity index (χ1n) is 28.2. The fourth-order valence-corrected chi connectivity index (χ4v) is 15.4. The van der Waals surface area contributed by atoms with Crippen LogP contribution in [0, 0.1) is 23.2 Å². The maximum Gasteiger partial charge on any atom is 0.407 e. The van der Waals surface area contributed by atoms with Crippen LogP contribution >= 0.6 is 11.3 Å². The monoisotopic (exact) mass is 1170 g/mol. The van der Waals surface area contributed by atoms with Crippen molar-refractivity contribution in [3.63, 3.8) is 0 Å². The molecule has 84 heavy (non-hydrogen) atoms. The van der Waals surface area contributed by atoms with Gasteiger partial charge in [-0.3, -0.25) is 14.8 Å². The van der Waals surface area contributed by atoms with Gasteiger partial charge in [-0.05, 0) is 122 Å². The first-order valence-corrected chi connectivity index (χ1v) is 29.0. The Balaban J connectivity index is 0.730. The number of hydrogen-bond acceptors (Lipinski definition) is 19. The quantitative estimate of drug-likeness (QED) is 0.0358. The third-order valence-corrected chi connectivity index (χ3v) is 17.9. The molecule has 9 N–H and O–H groups in total. The Kier molecular flexibility index (Phi) is 16.5. The summed E-state index contributed by atoms with van der Waals surface area (Å²) in [5, 5.41) is 62.8. The number of amides is 2. The van der Waals surface area contributed by atoms with Gasteiger partial charge in [0, 0.05) is 66.7 Å². The Hall–Kier alpha value is -7.29. The number of nitrogens with one attached hydrogen (secondary N) is 2. The fraction of sp³-hybridized carbons (Fsp3) is 0.483. The number of anilines is 2. The van der Waals surface area contributed by atoms with Gasteiger partial charge in [0.2, 0.25) is 6.29 Å². The molecule has 5 heterocycles. The normalized spacial score (nSPS) is 26.8. The van der Waals surface area contributed by atoms with E-state index in [1.54, 1.807) is 24.4 Å². The average Bonchev–Trinajstić information content (AvgIpc) is 0.777. The van der Waals surface area contributed by atoms with E-state index in [1.807, 2.05) is 65.0 Å². The number of fused-ring (bicyclic) bond motifs is 2. The topological polar surface area (TPSA) is 322 Å². The molecule has 1 saturated heterocycles. The second-order valence-corrected chi connectivity index (χ2v) is 24.8. The van der Waals surface area contributed by atoms with Crippen molar-refractivity contribution in [2.75, 3.05) is 56.3 Å². The minimum atomic E-state index is -1.93. The van der Waals surface area contributed by atoms with Gasteiger partial charge in [0.25, 0.3) is 5.91 Å². The Bertz CT molecular complexity index is 3410. The van der Waals surface area contributed by atoms with Gasteiger partial charge in [-0.2, -0.15) is 5.10 Å². The van der Waals surface area contributed by atoms with E-state index in [0.717, 1.165) is 65.6 Å². The Morgan fingerprint density at radius 2 is 1.65 bits per heavy atom. The zero-order valence-electron chi connectivity index (χ0n) is 47.0. The molecule has 23 nitrogen and oxygen atoms in total. The number of para-hydroxylation sites is 1. The van der Waals surface area contributed by atoms with Crippen LogP contribution < -0.4 is 30.7 Å². The highest BCUT2D eigenvalue weighted by Gasteiger charge is 2.66. The zero-order chi connectivity index (χ0) is 59.1. The number of ether oxygens (including phenoxy) is 6. The lowest BCUT2D eigenvalue weighted by molar-refractivity contribution is -0.271. The number of carboxylic acids is 2. The highest BCUT2D eigenvalue weighted by molar-refractivity contribution is 7.22. The van der Waals surface area contributed by atoms with E-state index in [4.69, 9.17) is 44.2 Å². The average molecular weight is 1180 g/mol. The van der Waals surface area contributed by atoms with Crippen molar-refractivity contribution in [1.29, 1.82) is 0 Å². The maximum atomic E-state index is 13.8. The lowest BCUT2D eigenvalue weighted by Crippen LogP contribution is -2.64. The molecule has 12 rings (SSSR count). The number of pyridine rings is 1. The number of carbonyl (C=O) groups is 4. The van der Waals surface area contributed by atoms with Gasteiger partial charge in [0.05, 0.1) is 41.8 Å². The van der Waals surface area contributed by atoms with Crippen LogP contribution in [0.1, 0.15) is 95.6 Å². The number of hydrogen-bond donors (Lipinski definition) is 8. The number of aromatic carboxylic acids is 1. The summed E-state index contributed by atoms with van der Waals surface area (Å²) in [6.07, 6.45) is -2.21. The fourth-order valence-electron chi connectivity index (χ4n) is 14.6. The SMILES string of the molecule is Cc1c(-c2ccc(N3CCc4cccc(C(=O)Nc5nc6ccccc6s5)c4C3)nc2C(=O)O)cnn1CC12CC3(C)CC(C)(C1)CC(OCCNC(=O)OCc1ccc(OCCOCCN)cc1O[C@@H]1O[C@H](C(=O)O)[C@@H](O)[C@H](O)[C@H]1O)(C3)C2. The summed E-state index contributed by atoms with van der Waals surface area (Å²) < 4.78 is 37.8. The van der Waals surface area contributed by atoms with Crippen LogP contribution in [0.15, 0.2) is 79.0 Å². The molecule has 4 bridgehead atoms. The first-order chi connectivity index (χ1) is 40.2. The van der Waals surface area contributed by atoms with Crippen molar-refractivity contribution in [3.05, 3.63) is 113 Å². The number of thiazole rings is 1. The molecular formula is C60H70N8O15S. The molecule has 2 amide bonds. The summed E-state index contributed by atoms with van der Waals surface area (Å²) >= 11 is 1.41. The summed E-state index contributed by atoms with van der Waals surface area (Å²) in [5.41, 5.74) is 10.2. The van der Waals surface area contributed by atoms with Gasteiger partial charge in [-0.15, -0.1) is 0 Å². The van der Waals surface area contributed by atoms with Crippen molar-refractivity contribution in [2.24, 2.45) is 22.0 Å². The summed E-state index contributed by atoms with van der Waals surface area (Å²) in [5.74, 6) is -2.23. The molecule has 4 saturated carbocycles. The van der Waals surface area contributed by atoms with Crippen LogP contribution in [0.5, 0.6) is 11.5 Å². The van der Waals surface area contributed by atoms with E-state index >= 15 is 0 Å². The van der Waals surface area contributed by atoms with Gasteiger partial charge in [-0.1, -0.05) is 49.4 Å². The number of carboxylic acid groups (broad SMARTS) is 2. The number of benzene rings is 3. The summed E-state index contributed by atoms with van der Waals surface area (Å²) in [6.45, 7) is 9.25. The number of aliphatic carboxylic acids is 1. The molecule has 2 aliphatic heterocycles. The van der Waals surface area contributed by atoms with Crippen LogP contribution in [-0.2, 0) is 49.9 Å². The Morgan fingerprint density at radius 3 is 2.42 bits per heavy atom. The third-order valence-electron chi connectivity index (χ3n) is 17.0. The van der Waals surface area contributed by atoms with Crippen molar-refractivity contribution in [2.45, 2.75) is 122 Å². The number of nitrogens with two attached hydrogens (primary N) is 1. The molecule has 3 aromatic carbocycles. The van der Waals surface area contributed by atoms with Crippen LogP contribution in [-0.4, -0.2) is 152 Å². The lowest BCUT2D eigenvalue weighted by Gasteiger charge is -2.69. The first kappa shape index (κ1) is 58.5. The number of nitrogens with zero attached hydrogens (tertiary/aromatic N) is 5. The minimum absolute atomic E-state index is 0.0133. The van der Waals surface area contributed by atoms with Crippen molar-refractivity contribution in [3.8, 4) is 22.6 Å². The van der Waals surface area contributed by atoms with Crippen molar-refractivity contribution < 1.29 is 73.1 Å². The van der Waals surface area contributed by atoms with E-state index in [2.05, 4.69) is 29.5 Å². The molecule has 7 atom stereocenters. The largest absolute Gasteiger partial charge is 0.491 e. The summed E-state index contributed by atoms with van der Waals surface area (Å²) in [7, 11) is 0. The molecule has 0 spiro atoms. The molecule has 5 fully saturated rings. The Labute approximate surface area is 488 Å². The van der Waals surface area contributed by atoms with Gasteiger partial charge in [0.15, 0.2) is 16.9 Å². The molecule has 446 valence electrons. The molecule has 6 aliphatic rings. The van der Waals surface area contributed by atoms with Crippen LogP contribution in [0.2, 0.25) is 0 Å². The van der Waals surface area contributed by atoms with Crippen LogP contribution in [0.3, 0.4) is 0 Å². The number of carbonyl (C=O) groups excluding carboxylic acids is 2. The zero-order valence-corrected chi connectivity index (χ0v) is 47.8. The molecule has 24 heteroatoms. The molecule has 6 aromatic rings. The third kappa shape index (κ3) is 12.2. The second-order valence-electron chi connectivity index (χ2n) is 23.8. The van der Waals surface area contributed by atoms with Crippen LogP contribution in [0.25, 0.3) is 21.3 Å². The molecule has 0 radical (unpaired) electrons. The van der Waals surface area contributed by atoms with Gasteiger partial charge >= 0.3 is 18.0 Å². The molecular weight excluding hydrogens is 1100 g/mol. The number of aliphatic hydroxyl groups is 3.